The number of nitrogens with one attached hydrogen (secondary N) is 2. The molecule has 2 N–H and O–H groups in total. The first kappa shape index (κ1) is 16.5. The largest absolute Gasteiger partial charge is 0.481 e. The van der Waals surface area contributed by atoms with Crippen LogP contribution in [0.15, 0.2) is 24.3 Å². The Morgan fingerprint density at radius 2 is 2.10 bits per heavy atom. The van der Waals surface area contributed by atoms with E-state index in [2.05, 4.69) is 17.6 Å². The fourth-order valence-electron chi connectivity index (χ4n) is 1.70. The van der Waals surface area contributed by atoms with Crippen LogP contribution in [-0.4, -0.2) is 39.3 Å². The molecule has 1 amide bonds. The Hall–Kier alpha value is -1.59. The number of ether oxygens (including phenoxy) is 2. The predicted octanol–water partition coefficient (Wildman–Crippen LogP) is 1.50. The maximum atomic E-state index is 11.8. The normalized spacial score (nSPS) is 13.6. The molecule has 5 heteroatoms. The van der Waals surface area contributed by atoms with Crippen LogP contribution in [0.1, 0.15) is 25.5 Å². The van der Waals surface area contributed by atoms with E-state index in [0.29, 0.717) is 18.9 Å². The van der Waals surface area contributed by atoms with Crippen LogP contribution < -0.4 is 15.4 Å². The van der Waals surface area contributed by atoms with Gasteiger partial charge in [0.15, 0.2) is 6.10 Å². The maximum absolute atomic E-state index is 11.8. The number of methoxy groups -OCH3 is 1. The number of carbonyl (C=O) groups is 1. The summed E-state index contributed by atoms with van der Waals surface area (Å²) in [6.07, 6.45) is -0.535. The summed E-state index contributed by atoms with van der Waals surface area (Å²) in [5.41, 5.74) is 1.12. The van der Waals surface area contributed by atoms with E-state index in [1.807, 2.05) is 31.3 Å². The molecule has 0 aliphatic heterocycles. The van der Waals surface area contributed by atoms with Gasteiger partial charge < -0.3 is 20.1 Å². The lowest BCUT2D eigenvalue weighted by atomic mass is 10.1. The van der Waals surface area contributed by atoms with Gasteiger partial charge in [-0.05, 0) is 38.6 Å². The Labute approximate surface area is 120 Å². The van der Waals surface area contributed by atoms with Crippen LogP contribution in [0.25, 0.3) is 0 Å². The van der Waals surface area contributed by atoms with Crippen molar-refractivity contribution in [1.29, 1.82) is 0 Å². The van der Waals surface area contributed by atoms with Crippen molar-refractivity contribution >= 4 is 5.91 Å². The third kappa shape index (κ3) is 5.19. The van der Waals surface area contributed by atoms with Gasteiger partial charge in [0.05, 0.1) is 6.61 Å². The van der Waals surface area contributed by atoms with Gasteiger partial charge >= 0.3 is 0 Å². The van der Waals surface area contributed by atoms with Crippen LogP contribution in [0, 0.1) is 0 Å². The van der Waals surface area contributed by atoms with Gasteiger partial charge in [-0.1, -0.05) is 12.1 Å². The van der Waals surface area contributed by atoms with Crippen LogP contribution in [0.3, 0.4) is 0 Å². The van der Waals surface area contributed by atoms with Gasteiger partial charge in [-0.2, -0.15) is 0 Å². The SMILES string of the molecule is CNC(C)c1cccc(OC(C)C(=O)NCCOC)c1. The molecule has 1 aromatic rings. The Bertz CT molecular complexity index is 423. The highest BCUT2D eigenvalue weighted by Crippen LogP contribution is 2.19. The summed E-state index contributed by atoms with van der Waals surface area (Å²) < 4.78 is 10.5. The Morgan fingerprint density at radius 1 is 1.35 bits per heavy atom. The summed E-state index contributed by atoms with van der Waals surface area (Å²) in [5, 5.41) is 5.92. The van der Waals surface area contributed by atoms with E-state index in [0.717, 1.165) is 5.56 Å². The highest BCUT2D eigenvalue weighted by Gasteiger charge is 2.14. The zero-order valence-electron chi connectivity index (χ0n) is 12.6. The van der Waals surface area contributed by atoms with Gasteiger partial charge in [0, 0.05) is 19.7 Å². The Balaban J connectivity index is 2.57. The number of amides is 1. The molecule has 0 heterocycles. The lowest BCUT2D eigenvalue weighted by Crippen LogP contribution is -2.37. The lowest BCUT2D eigenvalue weighted by molar-refractivity contribution is -0.127. The standard InChI is InChI=1S/C15H24N2O3/c1-11(16-3)13-6-5-7-14(10-13)20-12(2)15(18)17-8-9-19-4/h5-7,10-12,16H,8-9H2,1-4H3,(H,17,18). The van der Waals surface area contributed by atoms with Gasteiger partial charge in [-0.3, -0.25) is 4.79 Å². The minimum atomic E-state index is -0.535. The third-order valence-electron chi connectivity index (χ3n) is 3.08. The smallest absolute Gasteiger partial charge is 0.260 e. The molecule has 1 aromatic carbocycles. The first-order valence-corrected chi connectivity index (χ1v) is 6.79. The maximum Gasteiger partial charge on any atom is 0.260 e. The number of rotatable bonds is 8. The second-order valence-corrected chi connectivity index (χ2v) is 4.63. The average Bonchev–Trinajstić information content (AvgIpc) is 2.46. The lowest BCUT2D eigenvalue weighted by Gasteiger charge is -2.16. The Morgan fingerprint density at radius 3 is 2.75 bits per heavy atom. The quantitative estimate of drug-likeness (QED) is 0.708. The molecule has 2 unspecified atom stereocenters. The molecule has 0 fully saturated rings. The molecule has 0 saturated carbocycles. The summed E-state index contributed by atoms with van der Waals surface area (Å²) in [4.78, 5) is 11.8. The number of hydrogen-bond acceptors (Lipinski definition) is 4. The monoisotopic (exact) mass is 280 g/mol. The van der Waals surface area contributed by atoms with E-state index in [4.69, 9.17) is 9.47 Å². The van der Waals surface area contributed by atoms with Crippen LogP contribution in [0.2, 0.25) is 0 Å². The molecule has 2 atom stereocenters. The van der Waals surface area contributed by atoms with Gasteiger partial charge in [-0.25, -0.2) is 0 Å². The van der Waals surface area contributed by atoms with Crippen molar-refractivity contribution in [3.8, 4) is 5.75 Å². The average molecular weight is 280 g/mol. The molecule has 5 nitrogen and oxygen atoms in total. The zero-order chi connectivity index (χ0) is 15.0. The van der Waals surface area contributed by atoms with Gasteiger partial charge in [-0.15, -0.1) is 0 Å². The topological polar surface area (TPSA) is 59.6 Å². The minimum absolute atomic E-state index is 0.144. The van der Waals surface area contributed by atoms with Crippen molar-refractivity contribution in [1.82, 2.24) is 10.6 Å². The molecule has 0 aromatic heterocycles. The minimum Gasteiger partial charge on any atom is -0.481 e. The van der Waals surface area contributed by atoms with Crippen LogP contribution in [-0.2, 0) is 9.53 Å². The fourth-order valence-corrected chi connectivity index (χ4v) is 1.70. The van der Waals surface area contributed by atoms with Crippen molar-refractivity contribution in [2.75, 3.05) is 27.3 Å². The molecule has 0 aliphatic rings. The molecule has 112 valence electrons. The van der Waals surface area contributed by atoms with Crippen LogP contribution in [0.5, 0.6) is 5.75 Å². The number of carbonyl (C=O) groups excluding carboxylic acids is 1. The summed E-state index contributed by atoms with van der Waals surface area (Å²) in [6.45, 7) is 4.78. The highest BCUT2D eigenvalue weighted by molar-refractivity contribution is 5.80. The second kappa shape index (κ2) is 8.55. The van der Waals surface area contributed by atoms with Gasteiger partial charge in [0.2, 0.25) is 0 Å². The number of hydrogen-bond donors (Lipinski definition) is 2. The van der Waals surface area contributed by atoms with Gasteiger partial charge in [0.1, 0.15) is 5.75 Å². The second-order valence-electron chi connectivity index (χ2n) is 4.63. The molecule has 1 rings (SSSR count). The van der Waals surface area contributed by atoms with Crippen LogP contribution >= 0.6 is 0 Å². The summed E-state index contributed by atoms with van der Waals surface area (Å²) in [6, 6.07) is 7.99. The highest BCUT2D eigenvalue weighted by atomic mass is 16.5. The van der Waals surface area contributed by atoms with E-state index >= 15 is 0 Å². The van der Waals surface area contributed by atoms with Crippen molar-refractivity contribution < 1.29 is 14.3 Å². The van der Waals surface area contributed by atoms with Crippen LogP contribution in [0.4, 0.5) is 0 Å². The first-order chi connectivity index (χ1) is 9.58. The van der Waals surface area contributed by atoms with E-state index < -0.39 is 6.10 Å². The molecular formula is C15H24N2O3. The molecule has 0 radical (unpaired) electrons. The van der Waals surface area contributed by atoms with E-state index in [1.54, 1.807) is 14.0 Å². The van der Waals surface area contributed by atoms with Crippen molar-refractivity contribution in [3.05, 3.63) is 29.8 Å². The van der Waals surface area contributed by atoms with Crippen molar-refractivity contribution in [3.63, 3.8) is 0 Å². The predicted molar refractivity (Wildman–Crippen MR) is 78.9 cm³/mol. The Kier molecular flexibility index (Phi) is 7.04. The molecule has 20 heavy (non-hydrogen) atoms. The molecule has 0 saturated heterocycles. The summed E-state index contributed by atoms with van der Waals surface area (Å²) in [5.74, 6) is 0.549. The van der Waals surface area contributed by atoms with Crippen molar-refractivity contribution in [2.45, 2.75) is 26.0 Å². The third-order valence-corrected chi connectivity index (χ3v) is 3.08. The molecule has 0 bridgehead atoms. The molecule has 0 aliphatic carbocycles. The van der Waals surface area contributed by atoms with E-state index in [1.165, 1.54) is 0 Å². The van der Waals surface area contributed by atoms with Crippen molar-refractivity contribution in [2.24, 2.45) is 0 Å². The zero-order valence-corrected chi connectivity index (χ0v) is 12.6. The number of benzene rings is 1. The van der Waals surface area contributed by atoms with Gasteiger partial charge in [0.25, 0.3) is 5.91 Å². The first-order valence-electron chi connectivity index (χ1n) is 6.79. The fraction of sp³-hybridized carbons (Fsp3) is 0.533. The summed E-state index contributed by atoms with van der Waals surface area (Å²) in [7, 11) is 3.50. The molecule has 0 spiro atoms. The van der Waals surface area contributed by atoms with E-state index in [9.17, 15) is 4.79 Å². The van der Waals surface area contributed by atoms with E-state index in [-0.39, 0.29) is 11.9 Å². The summed E-state index contributed by atoms with van der Waals surface area (Å²) >= 11 is 0. The molecular weight excluding hydrogens is 256 g/mol.